The molecule has 5 heteroatoms. The van der Waals surface area contributed by atoms with Crippen molar-refractivity contribution in [3.63, 3.8) is 0 Å². The molecule has 0 aliphatic carbocycles. The van der Waals surface area contributed by atoms with E-state index in [1.165, 1.54) is 0 Å². The molecular formula is C8H14BrNO3. The maximum Gasteiger partial charge on any atom is 0.325 e. The molecule has 0 aromatic rings. The SMILES string of the molecule is CCOC(=O)CNC(=O)C(Br)CC. The molecule has 4 nitrogen and oxygen atoms in total. The van der Waals surface area contributed by atoms with E-state index >= 15 is 0 Å². The summed E-state index contributed by atoms with van der Waals surface area (Å²) in [6.07, 6.45) is 0.689. The van der Waals surface area contributed by atoms with E-state index < -0.39 is 5.97 Å². The maximum absolute atomic E-state index is 11.1. The van der Waals surface area contributed by atoms with Gasteiger partial charge in [0.15, 0.2) is 0 Å². The van der Waals surface area contributed by atoms with Crippen LogP contribution in [0.25, 0.3) is 0 Å². The molecule has 76 valence electrons. The quantitative estimate of drug-likeness (QED) is 0.582. The summed E-state index contributed by atoms with van der Waals surface area (Å²) in [5.41, 5.74) is 0. The van der Waals surface area contributed by atoms with Gasteiger partial charge in [0, 0.05) is 0 Å². The predicted molar refractivity (Wildman–Crippen MR) is 52.6 cm³/mol. The molecule has 0 bridgehead atoms. The zero-order valence-corrected chi connectivity index (χ0v) is 9.39. The van der Waals surface area contributed by atoms with Gasteiger partial charge in [0.2, 0.25) is 5.91 Å². The molecule has 0 aromatic heterocycles. The lowest BCUT2D eigenvalue weighted by molar-refractivity contribution is -0.143. The third kappa shape index (κ3) is 5.63. The Balaban J connectivity index is 3.63. The molecule has 1 amide bonds. The van der Waals surface area contributed by atoms with Crippen molar-refractivity contribution in [1.29, 1.82) is 0 Å². The van der Waals surface area contributed by atoms with Gasteiger partial charge in [-0.1, -0.05) is 22.9 Å². The lowest BCUT2D eigenvalue weighted by Gasteiger charge is -2.07. The second-order valence-electron chi connectivity index (χ2n) is 2.40. The Morgan fingerprint density at radius 3 is 2.54 bits per heavy atom. The second-order valence-corrected chi connectivity index (χ2v) is 3.50. The molecule has 0 spiro atoms. The number of rotatable bonds is 5. The van der Waals surface area contributed by atoms with Crippen LogP contribution in [0.4, 0.5) is 0 Å². The average Bonchev–Trinajstić information content (AvgIpc) is 2.13. The van der Waals surface area contributed by atoms with Crippen molar-refractivity contribution in [3.05, 3.63) is 0 Å². The zero-order valence-electron chi connectivity index (χ0n) is 7.80. The molecule has 0 saturated heterocycles. The number of ether oxygens (including phenoxy) is 1. The first kappa shape index (κ1) is 12.4. The molecule has 1 unspecified atom stereocenters. The van der Waals surface area contributed by atoms with Crippen LogP contribution in [0.15, 0.2) is 0 Å². The molecule has 0 radical (unpaired) electrons. The fourth-order valence-corrected chi connectivity index (χ4v) is 0.829. The minimum absolute atomic E-state index is 0.0607. The Kier molecular flexibility index (Phi) is 6.58. The molecule has 0 aliphatic heterocycles. The van der Waals surface area contributed by atoms with E-state index in [0.29, 0.717) is 13.0 Å². The highest BCUT2D eigenvalue weighted by atomic mass is 79.9. The van der Waals surface area contributed by atoms with E-state index in [1.807, 2.05) is 6.92 Å². The first-order chi connectivity index (χ1) is 6.11. The number of halogens is 1. The summed E-state index contributed by atoms with van der Waals surface area (Å²) in [6, 6.07) is 0. The summed E-state index contributed by atoms with van der Waals surface area (Å²) in [4.78, 5) is 21.7. The molecule has 0 fully saturated rings. The summed E-state index contributed by atoms with van der Waals surface area (Å²) in [5.74, 6) is -0.595. The average molecular weight is 252 g/mol. The number of carbonyl (C=O) groups is 2. The van der Waals surface area contributed by atoms with E-state index in [0.717, 1.165) is 0 Å². The van der Waals surface area contributed by atoms with Crippen molar-refractivity contribution in [1.82, 2.24) is 5.32 Å². The van der Waals surface area contributed by atoms with Gasteiger partial charge in [-0.15, -0.1) is 0 Å². The van der Waals surface area contributed by atoms with Crippen LogP contribution >= 0.6 is 15.9 Å². The topological polar surface area (TPSA) is 55.4 Å². The van der Waals surface area contributed by atoms with Crippen LogP contribution in [0.3, 0.4) is 0 Å². The van der Waals surface area contributed by atoms with Gasteiger partial charge in [-0.2, -0.15) is 0 Å². The van der Waals surface area contributed by atoms with Gasteiger partial charge in [-0.05, 0) is 13.3 Å². The van der Waals surface area contributed by atoms with Crippen molar-refractivity contribution >= 4 is 27.8 Å². The standard InChI is InChI=1S/C8H14BrNO3/c1-3-6(9)8(12)10-5-7(11)13-4-2/h6H,3-5H2,1-2H3,(H,10,12). The van der Waals surface area contributed by atoms with Crippen molar-refractivity contribution in [2.75, 3.05) is 13.2 Å². The first-order valence-corrected chi connectivity index (χ1v) is 5.10. The number of hydrogen-bond donors (Lipinski definition) is 1. The van der Waals surface area contributed by atoms with Crippen LogP contribution in [-0.2, 0) is 14.3 Å². The monoisotopic (exact) mass is 251 g/mol. The summed E-state index contributed by atoms with van der Waals surface area (Å²) in [7, 11) is 0. The number of esters is 1. The Hall–Kier alpha value is -0.580. The van der Waals surface area contributed by atoms with Gasteiger partial charge >= 0.3 is 5.97 Å². The van der Waals surface area contributed by atoms with Crippen molar-refractivity contribution in [2.24, 2.45) is 0 Å². The highest BCUT2D eigenvalue weighted by Crippen LogP contribution is 2.03. The summed E-state index contributed by atoms with van der Waals surface area (Å²) in [5, 5.41) is 2.46. The van der Waals surface area contributed by atoms with Gasteiger partial charge in [-0.25, -0.2) is 0 Å². The maximum atomic E-state index is 11.1. The van der Waals surface area contributed by atoms with E-state index in [4.69, 9.17) is 0 Å². The normalized spacial score (nSPS) is 11.9. The molecule has 0 heterocycles. The Morgan fingerprint density at radius 1 is 1.46 bits per heavy atom. The molecule has 0 saturated carbocycles. The van der Waals surface area contributed by atoms with Crippen molar-refractivity contribution in [2.45, 2.75) is 25.1 Å². The fraction of sp³-hybridized carbons (Fsp3) is 0.750. The third-order valence-electron chi connectivity index (χ3n) is 1.36. The number of alkyl halides is 1. The third-order valence-corrected chi connectivity index (χ3v) is 2.42. The summed E-state index contributed by atoms with van der Waals surface area (Å²) in [6.45, 7) is 3.87. The van der Waals surface area contributed by atoms with Gasteiger partial charge < -0.3 is 10.1 Å². The van der Waals surface area contributed by atoms with Gasteiger partial charge in [0.1, 0.15) is 6.54 Å². The lowest BCUT2D eigenvalue weighted by Crippen LogP contribution is -2.35. The first-order valence-electron chi connectivity index (χ1n) is 4.19. The Labute approximate surface area is 86.1 Å². The van der Waals surface area contributed by atoms with E-state index in [2.05, 4.69) is 26.0 Å². The molecule has 0 rings (SSSR count). The van der Waals surface area contributed by atoms with Crippen molar-refractivity contribution in [3.8, 4) is 0 Å². The smallest absolute Gasteiger partial charge is 0.325 e. The number of carbonyl (C=O) groups excluding carboxylic acids is 2. The number of hydrogen-bond acceptors (Lipinski definition) is 3. The lowest BCUT2D eigenvalue weighted by atomic mass is 10.3. The van der Waals surface area contributed by atoms with Crippen LogP contribution in [0.5, 0.6) is 0 Å². The number of nitrogens with one attached hydrogen (secondary N) is 1. The second kappa shape index (κ2) is 6.88. The predicted octanol–water partition coefficient (Wildman–Crippen LogP) is 0.839. The zero-order chi connectivity index (χ0) is 10.3. The minimum atomic E-state index is -0.411. The van der Waals surface area contributed by atoms with E-state index in [-0.39, 0.29) is 17.3 Å². The molecule has 1 N–H and O–H groups in total. The van der Waals surface area contributed by atoms with Crippen LogP contribution in [0.2, 0.25) is 0 Å². The largest absolute Gasteiger partial charge is 0.465 e. The van der Waals surface area contributed by atoms with Gasteiger partial charge in [-0.3, -0.25) is 9.59 Å². The highest BCUT2D eigenvalue weighted by molar-refractivity contribution is 9.10. The highest BCUT2D eigenvalue weighted by Gasteiger charge is 2.12. The molecule has 0 aliphatic rings. The Bertz CT molecular complexity index is 184. The molecule has 0 aromatic carbocycles. The summed E-state index contributed by atoms with van der Waals surface area (Å²) >= 11 is 3.17. The minimum Gasteiger partial charge on any atom is -0.465 e. The fourth-order valence-electron chi connectivity index (χ4n) is 0.667. The molecule has 1 atom stereocenters. The molecular weight excluding hydrogens is 238 g/mol. The Morgan fingerprint density at radius 2 is 2.08 bits per heavy atom. The van der Waals surface area contributed by atoms with E-state index in [1.54, 1.807) is 6.92 Å². The van der Waals surface area contributed by atoms with Crippen LogP contribution in [0, 0.1) is 0 Å². The van der Waals surface area contributed by atoms with Crippen LogP contribution < -0.4 is 5.32 Å². The van der Waals surface area contributed by atoms with Crippen LogP contribution in [-0.4, -0.2) is 29.9 Å². The van der Waals surface area contributed by atoms with E-state index in [9.17, 15) is 9.59 Å². The molecule has 13 heavy (non-hydrogen) atoms. The van der Waals surface area contributed by atoms with Crippen molar-refractivity contribution < 1.29 is 14.3 Å². The summed E-state index contributed by atoms with van der Waals surface area (Å²) < 4.78 is 4.64. The van der Waals surface area contributed by atoms with Gasteiger partial charge in [0.05, 0.1) is 11.4 Å². The van der Waals surface area contributed by atoms with Gasteiger partial charge in [0.25, 0.3) is 0 Å². The van der Waals surface area contributed by atoms with Crippen LogP contribution in [0.1, 0.15) is 20.3 Å². The number of amides is 1.